The lowest BCUT2D eigenvalue weighted by atomic mass is 10.1. The van der Waals surface area contributed by atoms with E-state index in [1.165, 1.54) is 0 Å². The number of rotatable bonds is 1. The first kappa shape index (κ1) is 10.7. The van der Waals surface area contributed by atoms with Gasteiger partial charge < -0.3 is 5.32 Å². The highest BCUT2D eigenvalue weighted by Crippen LogP contribution is 2.26. The van der Waals surface area contributed by atoms with Gasteiger partial charge >= 0.3 is 0 Å². The summed E-state index contributed by atoms with van der Waals surface area (Å²) in [4.78, 5) is 4.41. The van der Waals surface area contributed by atoms with Gasteiger partial charge in [0.2, 0.25) is 0 Å². The van der Waals surface area contributed by atoms with E-state index >= 15 is 0 Å². The average molecular weight is 232 g/mol. The van der Waals surface area contributed by atoms with Crippen molar-refractivity contribution < 1.29 is 0 Å². The van der Waals surface area contributed by atoms with Crippen LogP contribution in [0.2, 0.25) is 5.02 Å². The van der Waals surface area contributed by atoms with Crippen LogP contribution in [-0.2, 0) is 0 Å². The van der Waals surface area contributed by atoms with Crippen molar-refractivity contribution in [3.05, 3.63) is 34.3 Å². The zero-order chi connectivity index (χ0) is 11.7. The molecule has 0 amide bonds. The van der Waals surface area contributed by atoms with Crippen molar-refractivity contribution in [1.82, 2.24) is 4.98 Å². The van der Waals surface area contributed by atoms with Crippen molar-refractivity contribution in [2.75, 3.05) is 12.4 Å². The Morgan fingerprint density at radius 1 is 1.44 bits per heavy atom. The topological polar surface area (TPSA) is 48.7 Å². The van der Waals surface area contributed by atoms with Gasteiger partial charge in [0.05, 0.1) is 11.1 Å². The van der Waals surface area contributed by atoms with Gasteiger partial charge in [0, 0.05) is 17.5 Å². The molecule has 3 nitrogen and oxygen atoms in total. The first-order valence-electron chi connectivity index (χ1n) is 4.85. The molecule has 0 saturated carbocycles. The molecule has 0 aliphatic carbocycles. The molecule has 1 aromatic heterocycles. The molecule has 0 bridgehead atoms. The Labute approximate surface area is 98.7 Å². The summed E-state index contributed by atoms with van der Waals surface area (Å²) in [6.07, 6.45) is 0. The average Bonchev–Trinajstić information content (AvgIpc) is 2.32. The number of pyridine rings is 1. The maximum absolute atomic E-state index is 8.98. The molecule has 0 aliphatic heterocycles. The number of aromatic nitrogens is 1. The first-order chi connectivity index (χ1) is 7.67. The van der Waals surface area contributed by atoms with Crippen molar-refractivity contribution in [3.8, 4) is 6.07 Å². The Morgan fingerprint density at radius 3 is 2.81 bits per heavy atom. The van der Waals surface area contributed by atoms with Crippen LogP contribution in [0, 0.1) is 18.3 Å². The third-order valence-corrected chi connectivity index (χ3v) is 2.94. The number of benzene rings is 1. The van der Waals surface area contributed by atoms with Crippen LogP contribution < -0.4 is 5.32 Å². The van der Waals surface area contributed by atoms with Crippen molar-refractivity contribution in [3.63, 3.8) is 0 Å². The van der Waals surface area contributed by atoms with Crippen molar-refractivity contribution in [2.24, 2.45) is 0 Å². The molecular weight excluding hydrogens is 222 g/mol. The highest BCUT2D eigenvalue weighted by molar-refractivity contribution is 6.32. The molecule has 2 rings (SSSR count). The summed E-state index contributed by atoms with van der Waals surface area (Å²) < 4.78 is 0. The largest absolute Gasteiger partial charge is 0.372 e. The van der Waals surface area contributed by atoms with Gasteiger partial charge in [-0.05, 0) is 24.6 Å². The second kappa shape index (κ2) is 3.99. The Hall–Kier alpha value is -1.79. The van der Waals surface area contributed by atoms with Gasteiger partial charge in [-0.2, -0.15) is 5.26 Å². The van der Waals surface area contributed by atoms with Crippen LogP contribution in [0.15, 0.2) is 18.2 Å². The molecule has 80 valence electrons. The van der Waals surface area contributed by atoms with Gasteiger partial charge in [-0.3, -0.25) is 0 Å². The third-order valence-electron chi connectivity index (χ3n) is 2.53. The maximum atomic E-state index is 8.98. The van der Waals surface area contributed by atoms with Crippen LogP contribution in [0.1, 0.15) is 11.1 Å². The standard InChI is InChI=1S/C12H10ClN3/c1-7-10(13)4-3-8-5-9(6-14)12(15-2)16-11(7)8/h3-5H,1-2H3,(H,15,16). The number of hydrogen-bond acceptors (Lipinski definition) is 3. The van der Waals surface area contributed by atoms with E-state index in [0.29, 0.717) is 16.4 Å². The normalized spacial score (nSPS) is 10.1. The van der Waals surface area contributed by atoms with Crippen molar-refractivity contribution in [1.29, 1.82) is 5.26 Å². The molecule has 0 fully saturated rings. The minimum absolute atomic E-state index is 0.539. The quantitative estimate of drug-likeness (QED) is 0.821. The number of nitrogens with zero attached hydrogens (tertiary/aromatic N) is 2. The molecule has 1 aromatic carbocycles. The number of nitriles is 1. The fourth-order valence-corrected chi connectivity index (χ4v) is 1.79. The molecule has 0 radical (unpaired) electrons. The van der Waals surface area contributed by atoms with Crippen LogP contribution >= 0.6 is 11.6 Å². The van der Waals surface area contributed by atoms with Crippen LogP contribution in [0.3, 0.4) is 0 Å². The van der Waals surface area contributed by atoms with Gasteiger partial charge in [-0.25, -0.2) is 4.98 Å². The summed E-state index contributed by atoms with van der Waals surface area (Å²) in [7, 11) is 1.74. The van der Waals surface area contributed by atoms with E-state index in [0.717, 1.165) is 16.5 Å². The molecule has 0 spiro atoms. The summed E-state index contributed by atoms with van der Waals surface area (Å²) in [5.41, 5.74) is 2.30. The summed E-state index contributed by atoms with van der Waals surface area (Å²) in [6.45, 7) is 1.92. The van der Waals surface area contributed by atoms with E-state index in [2.05, 4.69) is 16.4 Å². The lowest BCUT2D eigenvalue weighted by Gasteiger charge is -2.07. The van der Waals surface area contributed by atoms with Crippen molar-refractivity contribution in [2.45, 2.75) is 6.92 Å². The zero-order valence-electron chi connectivity index (χ0n) is 9.00. The molecule has 0 unspecified atom stereocenters. The van der Waals surface area contributed by atoms with Gasteiger partial charge in [0.25, 0.3) is 0 Å². The Kier molecular flexibility index (Phi) is 2.67. The van der Waals surface area contributed by atoms with Crippen LogP contribution in [0.25, 0.3) is 10.9 Å². The number of hydrogen-bond donors (Lipinski definition) is 1. The fourth-order valence-electron chi connectivity index (χ4n) is 1.63. The minimum atomic E-state index is 0.539. The highest BCUT2D eigenvalue weighted by Gasteiger charge is 2.08. The van der Waals surface area contributed by atoms with Gasteiger partial charge in [-0.15, -0.1) is 0 Å². The van der Waals surface area contributed by atoms with E-state index in [9.17, 15) is 0 Å². The number of halogens is 1. The molecule has 2 aromatic rings. The summed E-state index contributed by atoms with van der Waals surface area (Å²) in [5, 5.41) is 13.5. The Morgan fingerprint density at radius 2 is 2.19 bits per heavy atom. The Bertz CT molecular complexity index is 599. The number of fused-ring (bicyclic) bond motifs is 1. The predicted molar refractivity (Wildman–Crippen MR) is 65.8 cm³/mol. The molecular formula is C12H10ClN3. The van der Waals surface area contributed by atoms with E-state index in [-0.39, 0.29) is 0 Å². The molecule has 0 saturated heterocycles. The van der Waals surface area contributed by atoms with E-state index < -0.39 is 0 Å². The third kappa shape index (κ3) is 1.58. The monoisotopic (exact) mass is 231 g/mol. The van der Waals surface area contributed by atoms with Crippen LogP contribution in [-0.4, -0.2) is 12.0 Å². The second-order valence-electron chi connectivity index (χ2n) is 3.49. The predicted octanol–water partition coefficient (Wildman–Crippen LogP) is 3.11. The fraction of sp³-hybridized carbons (Fsp3) is 0.167. The SMILES string of the molecule is CNc1nc2c(C)c(Cl)ccc2cc1C#N. The van der Waals surface area contributed by atoms with E-state index in [1.807, 2.05) is 25.1 Å². The number of nitrogens with one attached hydrogen (secondary N) is 1. The van der Waals surface area contributed by atoms with E-state index in [1.54, 1.807) is 7.05 Å². The molecule has 4 heteroatoms. The smallest absolute Gasteiger partial charge is 0.144 e. The van der Waals surface area contributed by atoms with Gasteiger partial charge in [0.15, 0.2) is 0 Å². The summed E-state index contributed by atoms with van der Waals surface area (Å²) in [5.74, 6) is 0.584. The van der Waals surface area contributed by atoms with Crippen LogP contribution in [0.4, 0.5) is 5.82 Å². The van der Waals surface area contributed by atoms with Gasteiger partial charge in [0.1, 0.15) is 11.9 Å². The zero-order valence-corrected chi connectivity index (χ0v) is 9.76. The van der Waals surface area contributed by atoms with Gasteiger partial charge in [-0.1, -0.05) is 17.7 Å². The van der Waals surface area contributed by atoms with Crippen LogP contribution in [0.5, 0.6) is 0 Å². The molecule has 0 atom stereocenters. The lowest BCUT2D eigenvalue weighted by Crippen LogP contribution is -1.97. The molecule has 1 N–H and O–H groups in total. The maximum Gasteiger partial charge on any atom is 0.144 e. The number of anilines is 1. The first-order valence-corrected chi connectivity index (χ1v) is 5.23. The Balaban J connectivity index is 2.85. The van der Waals surface area contributed by atoms with E-state index in [4.69, 9.17) is 16.9 Å². The molecule has 1 heterocycles. The highest BCUT2D eigenvalue weighted by atomic mass is 35.5. The number of aryl methyl sites for hydroxylation is 1. The lowest BCUT2D eigenvalue weighted by molar-refractivity contribution is 1.30. The summed E-state index contributed by atoms with van der Waals surface area (Å²) >= 11 is 6.03. The van der Waals surface area contributed by atoms with Crippen molar-refractivity contribution >= 4 is 28.3 Å². The molecule has 0 aliphatic rings. The summed E-state index contributed by atoms with van der Waals surface area (Å²) in [6, 6.07) is 7.63. The minimum Gasteiger partial charge on any atom is -0.372 e. The second-order valence-corrected chi connectivity index (χ2v) is 3.90. The molecule has 16 heavy (non-hydrogen) atoms.